The molecule has 0 unspecified atom stereocenters. The van der Waals surface area contributed by atoms with E-state index >= 15 is 0 Å². The Labute approximate surface area is 147 Å². The zero-order valence-corrected chi connectivity index (χ0v) is 14.9. The molecule has 0 radical (unpaired) electrons. The van der Waals surface area contributed by atoms with Crippen molar-refractivity contribution in [3.63, 3.8) is 0 Å². The van der Waals surface area contributed by atoms with Gasteiger partial charge in [-0.05, 0) is 36.2 Å². The molecule has 2 aromatic carbocycles. The van der Waals surface area contributed by atoms with Crippen LogP contribution in [0.5, 0.6) is 23.0 Å². The summed E-state index contributed by atoms with van der Waals surface area (Å²) >= 11 is 0. The molecule has 0 aromatic heterocycles. The first-order chi connectivity index (χ1) is 12.0. The number of benzene rings is 2. The third-order valence-electron chi connectivity index (χ3n) is 3.93. The predicted molar refractivity (Wildman–Crippen MR) is 95.9 cm³/mol. The van der Waals surface area contributed by atoms with E-state index in [4.69, 9.17) is 14.2 Å². The van der Waals surface area contributed by atoms with Crippen molar-refractivity contribution in [2.75, 3.05) is 32.8 Å². The summed E-state index contributed by atoms with van der Waals surface area (Å²) in [5.74, 6) is 1.73. The number of methoxy groups -OCH3 is 3. The van der Waals surface area contributed by atoms with Crippen molar-refractivity contribution < 1.29 is 24.1 Å². The van der Waals surface area contributed by atoms with Gasteiger partial charge in [-0.3, -0.25) is 4.79 Å². The van der Waals surface area contributed by atoms with E-state index in [-0.39, 0.29) is 11.7 Å². The van der Waals surface area contributed by atoms with Crippen molar-refractivity contribution in [2.24, 2.45) is 0 Å². The highest BCUT2D eigenvalue weighted by Crippen LogP contribution is 2.32. The van der Waals surface area contributed by atoms with Gasteiger partial charge in [0.15, 0.2) is 11.5 Å². The lowest BCUT2D eigenvalue weighted by molar-refractivity contribution is -0.116. The maximum atomic E-state index is 12.1. The fourth-order valence-corrected chi connectivity index (χ4v) is 2.57. The van der Waals surface area contributed by atoms with Gasteiger partial charge in [-0.1, -0.05) is 6.07 Å². The molecule has 1 N–H and O–H groups in total. The second kappa shape index (κ2) is 8.28. The second-order valence-electron chi connectivity index (χ2n) is 5.46. The summed E-state index contributed by atoms with van der Waals surface area (Å²) in [5.41, 5.74) is 1.42. The summed E-state index contributed by atoms with van der Waals surface area (Å²) in [5, 5.41) is 10.1. The molecular weight excluding hydrogens is 322 g/mol. The minimum Gasteiger partial charge on any atom is -0.506 e. The number of nitrogens with zero attached hydrogens (tertiary/aromatic N) is 1. The van der Waals surface area contributed by atoms with Crippen molar-refractivity contribution in [2.45, 2.75) is 13.3 Å². The molecule has 0 saturated heterocycles. The number of hydrogen-bond donors (Lipinski definition) is 1. The van der Waals surface area contributed by atoms with E-state index in [1.54, 1.807) is 26.4 Å². The number of hydrogen-bond acceptors (Lipinski definition) is 5. The monoisotopic (exact) mass is 345 g/mol. The molecule has 0 heterocycles. The van der Waals surface area contributed by atoms with Crippen LogP contribution in [-0.4, -0.2) is 38.9 Å². The number of carbonyl (C=O) groups excluding carboxylic acids is 1. The minimum atomic E-state index is -0.163. The van der Waals surface area contributed by atoms with Gasteiger partial charge >= 0.3 is 0 Å². The van der Waals surface area contributed by atoms with Crippen LogP contribution >= 0.6 is 0 Å². The lowest BCUT2D eigenvalue weighted by atomic mass is 10.1. The molecule has 0 aliphatic heterocycles. The van der Waals surface area contributed by atoms with E-state index in [0.717, 1.165) is 5.56 Å². The molecule has 0 fully saturated rings. The quantitative estimate of drug-likeness (QED) is 0.835. The third-order valence-corrected chi connectivity index (χ3v) is 3.93. The van der Waals surface area contributed by atoms with Gasteiger partial charge in [0.2, 0.25) is 5.91 Å². The summed E-state index contributed by atoms with van der Waals surface area (Å²) in [7, 11) is 4.70. The summed E-state index contributed by atoms with van der Waals surface area (Å²) in [6.07, 6.45) is 0.594. The summed E-state index contributed by atoms with van der Waals surface area (Å²) in [4.78, 5) is 13.6. The molecular formula is C19H23NO5. The molecule has 2 rings (SSSR count). The summed E-state index contributed by atoms with van der Waals surface area (Å²) < 4.78 is 15.7. The molecule has 0 atom stereocenters. The number of carbonyl (C=O) groups is 1. The predicted octanol–water partition coefficient (Wildman–Crippen LogP) is 3.01. The van der Waals surface area contributed by atoms with E-state index in [1.165, 1.54) is 25.0 Å². The lowest BCUT2D eigenvalue weighted by Crippen LogP contribution is -2.30. The fourth-order valence-electron chi connectivity index (χ4n) is 2.57. The van der Waals surface area contributed by atoms with Crippen LogP contribution in [-0.2, 0) is 11.2 Å². The fraction of sp³-hybridized carbons (Fsp3) is 0.316. The largest absolute Gasteiger partial charge is 0.506 e. The van der Waals surface area contributed by atoms with Crippen LogP contribution in [0.4, 0.5) is 5.69 Å². The Kier molecular flexibility index (Phi) is 6.11. The number of phenols is 1. The third kappa shape index (κ3) is 4.35. The molecule has 0 aliphatic rings. The molecule has 25 heavy (non-hydrogen) atoms. The highest BCUT2D eigenvalue weighted by Gasteiger charge is 2.17. The van der Waals surface area contributed by atoms with Crippen LogP contribution in [0.15, 0.2) is 36.4 Å². The van der Waals surface area contributed by atoms with Crippen molar-refractivity contribution >= 4 is 11.6 Å². The number of ether oxygens (including phenoxy) is 3. The molecule has 6 heteroatoms. The maximum Gasteiger partial charge on any atom is 0.223 e. The van der Waals surface area contributed by atoms with Gasteiger partial charge in [-0.2, -0.15) is 0 Å². The lowest BCUT2D eigenvalue weighted by Gasteiger charge is -2.23. The number of phenolic OH excluding ortho intramolecular Hbond substituents is 1. The van der Waals surface area contributed by atoms with Crippen LogP contribution in [0.2, 0.25) is 0 Å². The Balaban J connectivity index is 2.22. The smallest absolute Gasteiger partial charge is 0.223 e. The summed E-state index contributed by atoms with van der Waals surface area (Å²) in [6, 6.07) is 10.4. The van der Waals surface area contributed by atoms with E-state index in [0.29, 0.717) is 35.9 Å². The minimum absolute atomic E-state index is 0.0308. The highest BCUT2D eigenvalue weighted by atomic mass is 16.5. The first-order valence-electron chi connectivity index (χ1n) is 7.86. The molecule has 2 aromatic rings. The first kappa shape index (κ1) is 18.4. The van der Waals surface area contributed by atoms with Crippen LogP contribution in [0.3, 0.4) is 0 Å². The molecule has 0 saturated carbocycles. The zero-order valence-electron chi connectivity index (χ0n) is 14.9. The van der Waals surface area contributed by atoms with Crippen LogP contribution in [0, 0.1) is 0 Å². The average Bonchev–Trinajstić information content (AvgIpc) is 2.62. The topological polar surface area (TPSA) is 68.2 Å². The van der Waals surface area contributed by atoms with Crippen LogP contribution in [0.1, 0.15) is 12.5 Å². The molecule has 0 aliphatic carbocycles. The molecule has 1 amide bonds. The van der Waals surface area contributed by atoms with Gasteiger partial charge in [0.25, 0.3) is 0 Å². The molecule has 134 valence electrons. The first-order valence-corrected chi connectivity index (χ1v) is 7.86. The highest BCUT2D eigenvalue weighted by molar-refractivity contribution is 5.93. The normalized spacial score (nSPS) is 10.2. The SMILES string of the molecule is COc1ccc(O)c(N(CCc2ccc(OC)c(OC)c2)C(C)=O)c1. The molecule has 0 spiro atoms. The van der Waals surface area contributed by atoms with Gasteiger partial charge in [-0.15, -0.1) is 0 Å². The number of amides is 1. The van der Waals surface area contributed by atoms with Crippen molar-refractivity contribution in [1.82, 2.24) is 0 Å². The van der Waals surface area contributed by atoms with Gasteiger partial charge in [0.1, 0.15) is 11.5 Å². The molecule has 0 bridgehead atoms. The Bertz CT molecular complexity index is 745. The van der Waals surface area contributed by atoms with Gasteiger partial charge < -0.3 is 24.2 Å². The van der Waals surface area contributed by atoms with E-state index in [9.17, 15) is 9.90 Å². The number of anilines is 1. The Hall–Kier alpha value is -2.89. The van der Waals surface area contributed by atoms with Crippen LogP contribution < -0.4 is 19.1 Å². The van der Waals surface area contributed by atoms with E-state index in [1.807, 2.05) is 18.2 Å². The average molecular weight is 345 g/mol. The van der Waals surface area contributed by atoms with Gasteiger partial charge in [0.05, 0.1) is 27.0 Å². The van der Waals surface area contributed by atoms with Gasteiger partial charge in [-0.25, -0.2) is 0 Å². The summed E-state index contributed by atoms with van der Waals surface area (Å²) in [6.45, 7) is 1.87. The molecule has 6 nitrogen and oxygen atoms in total. The van der Waals surface area contributed by atoms with Crippen molar-refractivity contribution in [3.8, 4) is 23.0 Å². The van der Waals surface area contributed by atoms with Crippen molar-refractivity contribution in [1.29, 1.82) is 0 Å². The van der Waals surface area contributed by atoms with Crippen LogP contribution in [0.25, 0.3) is 0 Å². The number of rotatable bonds is 7. The van der Waals surface area contributed by atoms with E-state index < -0.39 is 0 Å². The zero-order chi connectivity index (χ0) is 18.4. The Morgan fingerprint density at radius 3 is 2.32 bits per heavy atom. The maximum absolute atomic E-state index is 12.1. The Morgan fingerprint density at radius 2 is 1.72 bits per heavy atom. The van der Waals surface area contributed by atoms with E-state index in [2.05, 4.69) is 0 Å². The standard InChI is InChI=1S/C19H23NO5/c1-13(21)20(16-12-15(23-2)6-7-17(16)22)10-9-14-5-8-18(24-3)19(11-14)25-4/h5-8,11-12,22H,9-10H2,1-4H3. The van der Waals surface area contributed by atoms with Crippen molar-refractivity contribution in [3.05, 3.63) is 42.0 Å². The van der Waals surface area contributed by atoms with Gasteiger partial charge in [0, 0.05) is 19.5 Å². The number of aromatic hydroxyl groups is 1. The second-order valence-corrected chi connectivity index (χ2v) is 5.46. The Morgan fingerprint density at radius 1 is 1.00 bits per heavy atom.